The van der Waals surface area contributed by atoms with Crippen LogP contribution in [0.5, 0.6) is 0 Å². The summed E-state index contributed by atoms with van der Waals surface area (Å²) in [5.74, 6) is 6.64. The Morgan fingerprint density at radius 2 is 1.70 bits per heavy atom. The molecule has 106 valence electrons. The normalized spacial score (nSPS) is 10.2. The van der Waals surface area contributed by atoms with E-state index in [4.69, 9.17) is 5.84 Å². The van der Waals surface area contributed by atoms with E-state index in [0.29, 0.717) is 17.8 Å². The Morgan fingerprint density at radius 3 is 2.25 bits per heavy atom. The van der Waals surface area contributed by atoms with Crippen molar-refractivity contribution >= 4 is 35.3 Å². The second-order valence-corrected chi connectivity index (χ2v) is 5.05. The predicted octanol–water partition coefficient (Wildman–Crippen LogP) is 1.69. The summed E-state index contributed by atoms with van der Waals surface area (Å²) in [5, 5.41) is 3.13. The van der Waals surface area contributed by atoms with Crippen LogP contribution in [0.15, 0.2) is 29.2 Å². The fourth-order valence-corrected chi connectivity index (χ4v) is 1.90. The first-order valence-electron chi connectivity index (χ1n) is 5.93. The number of benzene rings is 1. The molecule has 7 nitrogen and oxygen atoms in total. The van der Waals surface area contributed by atoms with E-state index in [9.17, 15) is 0 Å². The highest BCUT2D eigenvalue weighted by atomic mass is 32.2. The Hall–Kier alpha value is -2.06. The molecule has 20 heavy (non-hydrogen) atoms. The lowest BCUT2D eigenvalue weighted by atomic mass is 10.3. The first-order chi connectivity index (χ1) is 9.62. The predicted molar refractivity (Wildman–Crippen MR) is 83.5 cm³/mol. The Morgan fingerprint density at radius 1 is 1.05 bits per heavy atom. The van der Waals surface area contributed by atoms with Gasteiger partial charge in [0, 0.05) is 24.7 Å². The molecule has 4 N–H and O–H groups in total. The van der Waals surface area contributed by atoms with Gasteiger partial charge in [0.2, 0.25) is 17.8 Å². The number of hydrogen-bond acceptors (Lipinski definition) is 8. The number of aromatic nitrogens is 3. The first kappa shape index (κ1) is 14.4. The van der Waals surface area contributed by atoms with Crippen molar-refractivity contribution in [3.8, 4) is 0 Å². The summed E-state index contributed by atoms with van der Waals surface area (Å²) >= 11 is 1.69. The molecule has 0 unspecified atom stereocenters. The molecule has 0 saturated heterocycles. The summed E-state index contributed by atoms with van der Waals surface area (Å²) in [5.41, 5.74) is 3.34. The van der Waals surface area contributed by atoms with E-state index in [1.165, 1.54) is 4.90 Å². The molecular weight excluding hydrogens is 274 g/mol. The summed E-state index contributed by atoms with van der Waals surface area (Å²) in [4.78, 5) is 15.6. The van der Waals surface area contributed by atoms with Crippen molar-refractivity contribution in [1.29, 1.82) is 0 Å². The maximum absolute atomic E-state index is 5.37. The van der Waals surface area contributed by atoms with Crippen LogP contribution in [-0.4, -0.2) is 35.3 Å². The second-order valence-electron chi connectivity index (χ2n) is 4.17. The number of hydrogen-bond donors (Lipinski definition) is 3. The number of nitrogen functional groups attached to an aromatic ring is 1. The zero-order valence-electron chi connectivity index (χ0n) is 11.6. The van der Waals surface area contributed by atoms with E-state index in [0.717, 1.165) is 5.69 Å². The molecule has 1 aromatic heterocycles. The highest BCUT2D eigenvalue weighted by molar-refractivity contribution is 7.98. The zero-order valence-corrected chi connectivity index (χ0v) is 12.4. The van der Waals surface area contributed by atoms with Gasteiger partial charge in [0.25, 0.3) is 0 Å². The quantitative estimate of drug-likeness (QED) is 0.435. The minimum absolute atomic E-state index is 0.312. The fraction of sp³-hybridized carbons (Fsp3) is 0.250. The Bertz CT molecular complexity index is 571. The highest BCUT2D eigenvalue weighted by Crippen LogP contribution is 2.20. The second kappa shape index (κ2) is 6.40. The maximum Gasteiger partial charge on any atom is 0.243 e. The van der Waals surface area contributed by atoms with Gasteiger partial charge in [-0.3, -0.25) is 5.43 Å². The van der Waals surface area contributed by atoms with Crippen LogP contribution in [0.4, 0.5) is 23.5 Å². The van der Waals surface area contributed by atoms with E-state index in [1.54, 1.807) is 16.7 Å². The van der Waals surface area contributed by atoms with Crippen molar-refractivity contribution < 1.29 is 0 Å². The smallest absolute Gasteiger partial charge is 0.243 e. The van der Waals surface area contributed by atoms with Gasteiger partial charge in [-0.15, -0.1) is 11.8 Å². The van der Waals surface area contributed by atoms with Crippen molar-refractivity contribution in [2.24, 2.45) is 5.84 Å². The third-order valence-corrected chi connectivity index (χ3v) is 3.24. The topological polar surface area (TPSA) is 92.0 Å². The van der Waals surface area contributed by atoms with E-state index in [-0.39, 0.29) is 0 Å². The lowest BCUT2D eigenvalue weighted by Crippen LogP contribution is -2.18. The molecule has 1 aromatic carbocycles. The van der Waals surface area contributed by atoms with Crippen molar-refractivity contribution in [3.63, 3.8) is 0 Å². The van der Waals surface area contributed by atoms with Crippen molar-refractivity contribution in [2.45, 2.75) is 4.90 Å². The van der Waals surface area contributed by atoms with Gasteiger partial charge in [-0.2, -0.15) is 15.0 Å². The third kappa shape index (κ3) is 3.49. The molecule has 8 heteroatoms. The lowest BCUT2D eigenvalue weighted by Gasteiger charge is -2.13. The average molecular weight is 291 g/mol. The van der Waals surface area contributed by atoms with Crippen molar-refractivity contribution in [1.82, 2.24) is 15.0 Å². The number of nitrogens with one attached hydrogen (secondary N) is 2. The number of thioether (sulfide) groups is 1. The SMILES string of the molecule is CSc1ccc(Nc2nc(NN)nc(N(C)C)n2)cc1. The Kier molecular flexibility index (Phi) is 4.59. The summed E-state index contributed by atoms with van der Waals surface area (Å²) in [7, 11) is 3.71. The van der Waals surface area contributed by atoms with E-state index in [2.05, 4.69) is 25.7 Å². The average Bonchev–Trinajstić information content (AvgIpc) is 2.47. The molecule has 0 bridgehead atoms. The van der Waals surface area contributed by atoms with Gasteiger partial charge in [-0.1, -0.05) is 0 Å². The minimum atomic E-state index is 0.312. The third-order valence-electron chi connectivity index (χ3n) is 2.50. The van der Waals surface area contributed by atoms with Gasteiger partial charge >= 0.3 is 0 Å². The molecule has 0 fully saturated rings. The largest absolute Gasteiger partial charge is 0.347 e. The summed E-state index contributed by atoms with van der Waals surface area (Å²) in [6.07, 6.45) is 2.04. The van der Waals surface area contributed by atoms with Crippen molar-refractivity contribution in [3.05, 3.63) is 24.3 Å². The molecule has 0 aliphatic rings. The van der Waals surface area contributed by atoms with Crippen LogP contribution in [0.25, 0.3) is 0 Å². The van der Waals surface area contributed by atoms with Gasteiger partial charge in [0.15, 0.2) is 0 Å². The van der Waals surface area contributed by atoms with Crippen LogP contribution >= 0.6 is 11.8 Å². The van der Waals surface area contributed by atoms with Gasteiger partial charge in [-0.25, -0.2) is 5.84 Å². The summed E-state index contributed by atoms with van der Waals surface area (Å²) < 4.78 is 0. The Labute approximate surface area is 122 Å². The van der Waals surface area contributed by atoms with Crippen LogP contribution < -0.4 is 21.5 Å². The Balaban J connectivity index is 2.24. The molecule has 0 spiro atoms. The summed E-state index contributed by atoms with van der Waals surface area (Å²) in [6, 6.07) is 8.01. The van der Waals surface area contributed by atoms with E-state index >= 15 is 0 Å². The van der Waals surface area contributed by atoms with Crippen LogP contribution in [0.1, 0.15) is 0 Å². The van der Waals surface area contributed by atoms with E-state index in [1.807, 2.05) is 44.6 Å². The van der Waals surface area contributed by atoms with Crippen molar-refractivity contribution in [2.75, 3.05) is 36.0 Å². The number of rotatable bonds is 5. The van der Waals surface area contributed by atoms with Crippen LogP contribution in [0.3, 0.4) is 0 Å². The molecule has 2 rings (SSSR count). The van der Waals surface area contributed by atoms with Gasteiger partial charge in [0.1, 0.15) is 0 Å². The highest BCUT2D eigenvalue weighted by Gasteiger charge is 2.07. The molecule has 0 aliphatic heterocycles. The fourth-order valence-electron chi connectivity index (χ4n) is 1.49. The molecule has 0 aliphatic carbocycles. The van der Waals surface area contributed by atoms with Gasteiger partial charge < -0.3 is 10.2 Å². The van der Waals surface area contributed by atoms with Crippen LogP contribution in [0.2, 0.25) is 0 Å². The number of nitrogens with two attached hydrogens (primary N) is 1. The minimum Gasteiger partial charge on any atom is -0.347 e. The molecule has 0 saturated carbocycles. The number of nitrogens with zero attached hydrogens (tertiary/aromatic N) is 4. The molecule has 0 amide bonds. The van der Waals surface area contributed by atoms with Crippen LogP contribution in [0, 0.1) is 0 Å². The molecule has 1 heterocycles. The molecular formula is C12H17N7S. The van der Waals surface area contributed by atoms with Crippen LogP contribution in [-0.2, 0) is 0 Å². The number of anilines is 4. The molecule has 2 aromatic rings. The first-order valence-corrected chi connectivity index (χ1v) is 7.16. The maximum atomic E-state index is 5.37. The van der Waals surface area contributed by atoms with Gasteiger partial charge in [-0.05, 0) is 30.5 Å². The summed E-state index contributed by atoms with van der Waals surface area (Å²) in [6.45, 7) is 0. The van der Waals surface area contributed by atoms with E-state index < -0.39 is 0 Å². The zero-order chi connectivity index (χ0) is 14.5. The standard InChI is InChI=1S/C12H17N7S/c1-19(2)12-16-10(15-11(17-12)18-13)14-8-4-6-9(20-3)7-5-8/h4-7H,13H2,1-3H3,(H2,14,15,16,17,18). The molecule has 0 atom stereocenters. The number of hydrazine groups is 1. The lowest BCUT2D eigenvalue weighted by molar-refractivity contribution is 0.957. The monoisotopic (exact) mass is 291 g/mol. The molecule has 0 radical (unpaired) electrons. The van der Waals surface area contributed by atoms with Gasteiger partial charge in [0.05, 0.1) is 0 Å².